The minimum atomic E-state index is 0.406. The van der Waals surface area contributed by atoms with Crippen LogP contribution < -0.4 is 5.32 Å². The van der Waals surface area contributed by atoms with E-state index in [0.29, 0.717) is 11.5 Å². The molecule has 108 valence electrons. The first kappa shape index (κ1) is 16.2. The van der Waals surface area contributed by atoms with Crippen LogP contribution in [0.15, 0.2) is 24.5 Å². The quantitative estimate of drug-likeness (QED) is 0.777. The maximum Gasteiger partial charge on any atom is 0.0338 e. The summed E-state index contributed by atoms with van der Waals surface area (Å²) in [6.45, 7) is 12.6. The van der Waals surface area contributed by atoms with Gasteiger partial charge in [0.25, 0.3) is 0 Å². The van der Waals surface area contributed by atoms with Crippen LogP contribution in [0.3, 0.4) is 0 Å². The van der Waals surface area contributed by atoms with Gasteiger partial charge in [-0.2, -0.15) is 0 Å². The zero-order chi connectivity index (χ0) is 14.3. The Balaban J connectivity index is 2.65. The summed E-state index contributed by atoms with van der Waals surface area (Å²) in [7, 11) is 0. The first-order chi connectivity index (χ1) is 8.92. The third-order valence-corrected chi connectivity index (χ3v) is 3.33. The summed E-state index contributed by atoms with van der Waals surface area (Å²) < 4.78 is 0. The molecule has 0 radical (unpaired) electrons. The highest BCUT2D eigenvalue weighted by Crippen LogP contribution is 2.30. The number of nitrogens with one attached hydrogen (secondary N) is 1. The van der Waals surface area contributed by atoms with Crippen molar-refractivity contribution in [2.75, 3.05) is 6.54 Å². The Morgan fingerprint density at radius 3 is 2.58 bits per heavy atom. The topological polar surface area (TPSA) is 24.9 Å². The van der Waals surface area contributed by atoms with Crippen LogP contribution in [0, 0.1) is 11.3 Å². The Morgan fingerprint density at radius 2 is 2.05 bits per heavy atom. The SMILES string of the molecule is CCCNC(CC(C)CC(C)(C)C)c1cccnc1. The molecule has 1 aromatic heterocycles. The molecule has 0 amide bonds. The van der Waals surface area contributed by atoms with Crippen molar-refractivity contribution in [3.63, 3.8) is 0 Å². The summed E-state index contributed by atoms with van der Waals surface area (Å²) >= 11 is 0. The molecule has 0 fully saturated rings. The largest absolute Gasteiger partial charge is 0.310 e. The molecule has 0 bridgehead atoms. The average Bonchev–Trinajstić information content (AvgIpc) is 2.33. The van der Waals surface area contributed by atoms with Gasteiger partial charge >= 0.3 is 0 Å². The van der Waals surface area contributed by atoms with Gasteiger partial charge in [-0.05, 0) is 48.8 Å². The van der Waals surface area contributed by atoms with E-state index >= 15 is 0 Å². The van der Waals surface area contributed by atoms with Crippen molar-refractivity contribution in [1.82, 2.24) is 10.3 Å². The van der Waals surface area contributed by atoms with Crippen molar-refractivity contribution in [3.8, 4) is 0 Å². The molecule has 2 heteroatoms. The Hall–Kier alpha value is -0.890. The fraction of sp³-hybridized carbons (Fsp3) is 0.706. The van der Waals surface area contributed by atoms with Crippen molar-refractivity contribution in [3.05, 3.63) is 30.1 Å². The molecule has 0 aliphatic rings. The molecule has 19 heavy (non-hydrogen) atoms. The zero-order valence-corrected chi connectivity index (χ0v) is 13.2. The second-order valence-corrected chi connectivity index (χ2v) is 6.90. The average molecular weight is 262 g/mol. The highest BCUT2D eigenvalue weighted by atomic mass is 14.9. The van der Waals surface area contributed by atoms with Crippen LogP contribution in [0.5, 0.6) is 0 Å². The number of pyridine rings is 1. The molecule has 2 nitrogen and oxygen atoms in total. The van der Waals surface area contributed by atoms with Crippen molar-refractivity contribution in [1.29, 1.82) is 0 Å². The Labute approximate surface area is 119 Å². The van der Waals surface area contributed by atoms with Crippen molar-refractivity contribution >= 4 is 0 Å². The summed E-state index contributed by atoms with van der Waals surface area (Å²) in [5.41, 5.74) is 1.72. The van der Waals surface area contributed by atoms with E-state index in [9.17, 15) is 0 Å². The van der Waals surface area contributed by atoms with Gasteiger partial charge in [0.15, 0.2) is 0 Å². The summed E-state index contributed by atoms with van der Waals surface area (Å²) in [4.78, 5) is 4.26. The monoisotopic (exact) mass is 262 g/mol. The maximum absolute atomic E-state index is 4.26. The molecule has 1 rings (SSSR count). The Bertz CT molecular complexity index is 340. The Kier molecular flexibility index (Phi) is 6.50. The fourth-order valence-electron chi connectivity index (χ4n) is 2.77. The molecular weight excluding hydrogens is 232 g/mol. The van der Waals surface area contributed by atoms with E-state index in [1.165, 1.54) is 24.8 Å². The second-order valence-electron chi connectivity index (χ2n) is 6.90. The third-order valence-electron chi connectivity index (χ3n) is 3.33. The van der Waals surface area contributed by atoms with E-state index in [4.69, 9.17) is 0 Å². The van der Waals surface area contributed by atoms with Gasteiger partial charge in [-0.25, -0.2) is 0 Å². The molecule has 0 aliphatic carbocycles. The van der Waals surface area contributed by atoms with E-state index in [-0.39, 0.29) is 0 Å². The lowest BCUT2D eigenvalue weighted by atomic mass is 9.82. The van der Waals surface area contributed by atoms with Crippen LogP contribution in [0.25, 0.3) is 0 Å². The molecule has 2 atom stereocenters. The molecule has 0 aliphatic heterocycles. The van der Waals surface area contributed by atoms with Gasteiger partial charge in [-0.1, -0.05) is 40.7 Å². The number of rotatable bonds is 7. The lowest BCUT2D eigenvalue weighted by Gasteiger charge is -2.27. The van der Waals surface area contributed by atoms with Crippen LogP contribution in [-0.4, -0.2) is 11.5 Å². The normalized spacial score (nSPS) is 15.2. The van der Waals surface area contributed by atoms with E-state index in [1.807, 2.05) is 18.5 Å². The van der Waals surface area contributed by atoms with Crippen LogP contribution in [0.2, 0.25) is 0 Å². The molecule has 0 spiro atoms. The second kappa shape index (κ2) is 7.64. The van der Waals surface area contributed by atoms with Gasteiger partial charge in [-0.15, -0.1) is 0 Å². The molecule has 0 saturated heterocycles. The predicted molar refractivity (Wildman–Crippen MR) is 83.1 cm³/mol. The number of hydrogen-bond acceptors (Lipinski definition) is 2. The highest BCUT2D eigenvalue weighted by molar-refractivity contribution is 5.13. The van der Waals surface area contributed by atoms with Crippen LogP contribution in [0.1, 0.15) is 65.5 Å². The van der Waals surface area contributed by atoms with E-state index in [1.54, 1.807) is 0 Å². The minimum Gasteiger partial charge on any atom is -0.310 e. The summed E-state index contributed by atoms with van der Waals surface area (Å²) in [5, 5.41) is 3.66. The van der Waals surface area contributed by atoms with Gasteiger partial charge in [0.1, 0.15) is 0 Å². The van der Waals surface area contributed by atoms with Gasteiger partial charge < -0.3 is 5.32 Å². The van der Waals surface area contributed by atoms with Crippen molar-refractivity contribution < 1.29 is 0 Å². The summed E-state index contributed by atoms with van der Waals surface area (Å²) in [5.74, 6) is 0.717. The van der Waals surface area contributed by atoms with E-state index in [2.05, 4.69) is 51.0 Å². The Morgan fingerprint density at radius 1 is 1.32 bits per heavy atom. The highest BCUT2D eigenvalue weighted by Gasteiger charge is 2.19. The van der Waals surface area contributed by atoms with E-state index in [0.717, 1.165) is 12.5 Å². The molecule has 1 heterocycles. The molecule has 0 saturated carbocycles. The standard InChI is InChI=1S/C17H30N2/c1-6-9-19-16(15-8-7-10-18-13-15)11-14(2)12-17(3,4)5/h7-8,10,13-14,16,19H,6,9,11-12H2,1-5H3. The van der Waals surface area contributed by atoms with Crippen LogP contribution in [0.4, 0.5) is 0 Å². The van der Waals surface area contributed by atoms with Gasteiger partial charge in [-0.3, -0.25) is 4.98 Å². The first-order valence-electron chi connectivity index (χ1n) is 7.55. The maximum atomic E-state index is 4.26. The minimum absolute atomic E-state index is 0.406. The summed E-state index contributed by atoms with van der Waals surface area (Å²) in [6.07, 6.45) is 7.46. The number of nitrogens with zero attached hydrogens (tertiary/aromatic N) is 1. The summed E-state index contributed by atoms with van der Waals surface area (Å²) in [6, 6.07) is 4.65. The predicted octanol–water partition coefficient (Wildman–Crippen LogP) is 4.58. The molecule has 2 unspecified atom stereocenters. The number of aromatic nitrogens is 1. The van der Waals surface area contributed by atoms with Gasteiger partial charge in [0.05, 0.1) is 0 Å². The third kappa shape index (κ3) is 6.72. The van der Waals surface area contributed by atoms with Crippen LogP contribution >= 0.6 is 0 Å². The lowest BCUT2D eigenvalue weighted by molar-refractivity contribution is 0.275. The smallest absolute Gasteiger partial charge is 0.0338 e. The molecule has 1 aromatic rings. The van der Waals surface area contributed by atoms with Crippen molar-refractivity contribution in [2.24, 2.45) is 11.3 Å². The van der Waals surface area contributed by atoms with Crippen molar-refractivity contribution in [2.45, 2.75) is 59.9 Å². The van der Waals surface area contributed by atoms with E-state index < -0.39 is 0 Å². The first-order valence-corrected chi connectivity index (χ1v) is 7.55. The zero-order valence-electron chi connectivity index (χ0n) is 13.2. The van der Waals surface area contributed by atoms with Gasteiger partial charge in [0.2, 0.25) is 0 Å². The fourth-order valence-corrected chi connectivity index (χ4v) is 2.77. The lowest BCUT2D eigenvalue weighted by Crippen LogP contribution is -2.25. The molecule has 1 N–H and O–H groups in total. The van der Waals surface area contributed by atoms with Crippen LogP contribution in [-0.2, 0) is 0 Å². The van der Waals surface area contributed by atoms with Gasteiger partial charge in [0, 0.05) is 18.4 Å². The molecule has 0 aromatic carbocycles. The molecular formula is C17H30N2. The number of hydrogen-bond donors (Lipinski definition) is 1.